The quantitative estimate of drug-likeness (QED) is 0.548. The average Bonchev–Trinajstić information content (AvgIpc) is 2.38. The number of halogens is 2. The predicted octanol–water partition coefficient (Wildman–Crippen LogP) is 4.32. The molecule has 2 nitrogen and oxygen atoms in total. The summed E-state index contributed by atoms with van der Waals surface area (Å²) >= 11 is 5.54. The third kappa shape index (κ3) is 3.32. The minimum Gasteiger partial charge on any atom is -0.484 e. The fourth-order valence-electron chi connectivity index (χ4n) is 1.47. The van der Waals surface area contributed by atoms with E-state index in [9.17, 15) is 4.79 Å². The Balaban J connectivity index is 2.06. The molecule has 0 heterocycles. The van der Waals surface area contributed by atoms with Crippen LogP contribution in [0.5, 0.6) is 5.75 Å². The van der Waals surface area contributed by atoms with Crippen LogP contribution < -0.4 is 4.74 Å². The van der Waals surface area contributed by atoms with E-state index in [1.165, 1.54) is 0 Å². The summed E-state index contributed by atoms with van der Waals surface area (Å²) in [4.78, 5) is 12.0. The molecule has 0 saturated carbocycles. The largest absolute Gasteiger partial charge is 0.484 e. The van der Waals surface area contributed by atoms with Crippen molar-refractivity contribution < 1.29 is 9.53 Å². The van der Waals surface area contributed by atoms with Crippen LogP contribution in [0.15, 0.2) is 53.0 Å². The van der Waals surface area contributed by atoms with E-state index in [1.54, 1.807) is 6.07 Å². The molecule has 0 aliphatic rings. The molecule has 4 heteroatoms. The van der Waals surface area contributed by atoms with Crippen LogP contribution in [-0.4, -0.2) is 12.4 Å². The van der Waals surface area contributed by atoms with Gasteiger partial charge in [-0.2, -0.15) is 0 Å². The van der Waals surface area contributed by atoms with Gasteiger partial charge < -0.3 is 4.74 Å². The SMILES string of the molecule is O=C(COc1ccccc1I)c1ccccc1Br. The molecule has 2 aromatic carbocycles. The lowest BCUT2D eigenvalue weighted by Crippen LogP contribution is -2.12. The number of Topliss-reactive ketones (excluding diaryl/α,β-unsaturated/α-hetero) is 1. The highest BCUT2D eigenvalue weighted by Crippen LogP contribution is 2.21. The first-order valence-corrected chi connectivity index (χ1v) is 7.20. The Morgan fingerprint density at radius 3 is 2.50 bits per heavy atom. The van der Waals surface area contributed by atoms with Crippen LogP contribution in [0, 0.1) is 3.57 Å². The van der Waals surface area contributed by atoms with Gasteiger partial charge in [-0.15, -0.1) is 0 Å². The van der Waals surface area contributed by atoms with Crippen LogP contribution in [0.1, 0.15) is 10.4 Å². The minimum atomic E-state index is -0.0397. The summed E-state index contributed by atoms with van der Waals surface area (Å²) < 4.78 is 7.32. The summed E-state index contributed by atoms with van der Waals surface area (Å²) in [5.74, 6) is 0.695. The maximum Gasteiger partial charge on any atom is 0.201 e. The highest BCUT2D eigenvalue weighted by molar-refractivity contribution is 14.1. The summed E-state index contributed by atoms with van der Waals surface area (Å²) in [7, 11) is 0. The van der Waals surface area contributed by atoms with E-state index in [2.05, 4.69) is 38.5 Å². The van der Waals surface area contributed by atoms with Gasteiger partial charge in [0.1, 0.15) is 5.75 Å². The molecule has 2 rings (SSSR count). The maximum atomic E-state index is 12.0. The number of carbonyl (C=O) groups is 1. The van der Waals surface area contributed by atoms with E-state index in [-0.39, 0.29) is 12.4 Å². The van der Waals surface area contributed by atoms with E-state index in [0.717, 1.165) is 13.8 Å². The van der Waals surface area contributed by atoms with Crippen LogP contribution in [-0.2, 0) is 0 Å². The Bertz CT molecular complexity index is 569. The minimum absolute atomic E-state index is 0.0397. The molecular weight excluding hydrogens is 407 g/mol. The first kappa shape index (κ1) is 13.5. The normalized spacial score (nSPS) is 10.1. The fourth-order valence-corrected chi connectivity index (χ4v) is 2.52. The predicted molar refractivity (Wildman–Crippen MR) is 83.1 cm³/mol. The van der Waals surface area contributed by atoms with Crippen molar-refractivity contribution in [3.05, 3.63) is 62.1 Å². The fraction of sp³-hybridized carbons (Fsp3) is 0.0714. The lowest BCUT2D eigenvalue weighted by Gasteiger charge is -2.08. The smallest absolute Gasteiger partial charge is 0.201 e. The van der Waals surface area contributed by atoms with E-state index in [0.29, 0.717) is 5.56 Å². The Labute approximate surface area is 128 Å². The lowest BCUT2D eigenvalue weighted by molar-refractivity contribution is 0.0920. The third-order valence-electron chi connectivity index (χ3n) is 2.37. The van der Waals surface area contributed by atoms with Gasteiger partial charge in [-0.3, -0.25) is 4.79 Å². The molecule has 0 aliphatic heterocycles. The van der Waals surface area contributed by atoms with Gasteiger partial charge in [-0.1, -0.05) is 46.3 Å². The van der Waals surface area contributed by atoms with Gasteiger partial charge >= 0.3 is 0 Å². The second kappa shape index (κ2) is 6.33. The molecule has 0 unspecified atom stereocenters. The van der Waals surface area contributed by atoms with Gasteiger partial charge in [0, 0.05) is 10.0 Å². The van der Waals surface area contributed by atoms with Crippen molar-refractivity contribution in [3.63, 3.8) is 0 Å². The molecule has 0 spiro atoms. The number of carbonyl (C=O) groups excluding carboxylic acids is 1. The molecule has 0 bridgehead atoms. The van der Waals surface area contributed by atoms with Gasteiger partial charge in [0.2, 0.25) is 5.78 Å². The van der Waals surface area contributed by atoms with Gasteiger partial charge in [0.25, 0.3) is 0 Å². The second-order valence-electron chi connectivity index (χ2n) is 3.62. The van der Waals surface area contributed by atoms with Gasteiger partial charge in [-0.25, -0.2) is 0 Å². The lowest BCUT2D eigenvalue weighted by atomic mass is 10.1. The highest BCUT2D eigenvalue weighted by Gasteiger charge is 2.10. The number of ketones is 1. The van der Waals surface area contributed by atoms with Gasteiger partial charge in [0.05, 0.1) is 3.57 Å². The standard InChI is InChI=1S/C14H10BrIO2/c15-11-6-2-1-5-10(11)13(17)9-18-14-8-4-3-7-12(14)16/h1-8H,9H2. The number of benzene rings is 2. The molecule has 2 aromatic rings. The Kier molecular flexibility index (Phi) is 4.77. The van der Waals surface area contributed by atoms with Crippen molar-refractivity contribution in [3.8, 4) is 5.75 Å². The van der Waals surface area contributed by atoms with Crippen molar-refractivity contribution in [1.29, 1.82) is 0 Å². The molecule has 0 aromatic heterocycles. The van der Waals surface area contributed by atoms with Gasteiger partial charge in [-0.05, 0) is 40.8 Å². The van der Waals surface area contributed by atoms with Crippen LogP contribution in [0.4, 0.5) is 0 Å². The number of hydrogen-bond acceptors (Lipinski definition) is 2. The average molecular weight is 417 g/mol. The van der Waals surface area contributed by atoms with E-state index in [1.807, 2.05) is 42.5 Å². The zero-order valence-corrected chi connectivity index (χ0v) is 13.1. The van der Waals surface area contributed by atoms with Crippen LogP contribution in [0.25, 0.3) is 0 Å². The molecule has 0 aliphatic carbocycles. The molecule has 0 fully saturated rings. The maximum absolute atomic E-state index is 12.0. The molecule has 0 amide bonds. The molecule has 0 atom stereocenters. The third-order valence-corrected chi connectivity index (χ3v) is 3.95. The first-order valence-electron chi connectivity index (χ1n) is 5.33. The molecule has 18 heavy (non-hydrogen) atoms. The van der Waals surface area contributed by atoms with E-state index >= 15 is 0 Å². The number of rotatable bonds is 4. The Morgan fingerprint density at radius 2 is 1.78 bits per heavy atom. The first-order chi connectivity index (χ1) is 8.68. The molecule has 0 radical (unpaired) electrons. The van der Waals surface area contributed by atoms with E-state index < -0.39 is 0 Å². The zero-order chi connectivity index (χ0) is 13.0. The zero-order valence-electron chi connectivity index (χ0n) is 9.40. The van der Waals surface area contributed by atoms with Crippen LogP contribution in [0.3, 0.4) is 0 Å². The van der Waals surface area contributed by atoms with Crippen molar-refractivity contribution >= 4 is 44.3 Å². The highest BCUT2D eigenvalue weighted by atomic mass is 127. The molecular formula is C14H10BrIO2. The topological polar surface area (TPSA) is 26.3 Å². The van der Waals surface area contributed by atoms with Gasteiger partial charge in [0.15, 0.2) is 6.61 Å². The van der Waals surface area contributed by atoms with Crippen molar-refractivity contribution in [1.82, 2.24) is 0 Å². The van der Waals surface area contributed by atoms with Crippen LogP contribution >= 0.6 is 38.5 Å². The Morgan fingerprint density at radius 1 is 1.11 bits per heavy atom. The number of ether oxygens (including phenoxy) is 1. The van der Waals surface area contributed by atoms with Crippen molar-refractivity contribution in [2.24, 2.45) is 0 Å². The van der Waals surface area contributed by atoms with E-state index in [4.69, 9.17) is 4.74 Å². The monoisotopic (exact) mass is 416 g/mol. The second-order valence-corrected chi connectivity index (χ2v) is 5.64. The van der Waals surface area contributed by atoms with Crippen molar-refractivity contribution in [2.75, 3.05) is 6.61 Å². The molecule has 0 N–H and O–H groups in total. The number of hydrogen-bond donors (Lipinski definition) is 0. The summed E-state index contributed by atoms with van der Waals surface area (Å²) in [6.07, 6.45) is 0. The Hall–Kier alpha value is -0.880. The summed E-state index contributed by atoms with van der Waals surface area (Å²) in [6.45, 7) is 0.0443. The van der Waals surface area contributed by atoms with Crippen LogP contribution in [0.2, 0.25) is 0 Å². The van der Waals surface area contributed by atoms with Crippen molar-refractivity contribution in [2.45, 2.75) is 0 Å². The molecule has 0 saturated heterocycles. The number of para-hydroxylation sites is 1. The summed E-state index contributed by atoms with van der Waals surface area (Å²) in [5, 5.41) is 0. The molecule has 92 valence electrons. The summed E-state index contributed by atoms with van der Waals surface area (Å²) in [6, 6.07) is 15.0. The summed E-state index contributed by atoms with van der Waals surface area (Å²) in [5.41, 5.74) is 0.642.